The second-order valence-electron chi connectivity index (χ2n) is 5.81. The SMILES string of the molecule is Cc1ccc(C(=O)NCCNCC(C)(O)C(C)C)cc1. The van der Waals surface area contributed by atoms with E-state index in [0.29, 0.717) is 25.2 Å². The molecule has 4 heteroatoms. The van der Waals surface area contributed by atoms with Gasteiger partial charge >= 0.3 is 0 Å². The van der Waals surface area contributed by atoms with Crippen LogP contribution < -0.4 is 10.6 Å². The van der Waals surface area contributed by atoms with E-state index in [4.69, 9.17) is 0 Å². The van der Waals surface area contributed by atoms with Crippen LogP contribution in [0, 0.1) is 12.8 Å². The van der Waals surface area contributed by atoms with Crippen LogP contribution in [0.3, 0.4) is 0 Å². The first-order valence-corrected chi connectivity index (χ1v) is 7.11. The van der Waals surface area contributed by atoms with Gasteiger partial charge in [-0.05, 0) is 31.9 Å². The largest absolute Gasteiger partial charge is 0.389 e. The highest BCUT2D eigenvalue weighted by atomic mass is 16.3. The van der Waals surface area contributed by atoms with Gasteiger partial charge in [-0.2, -0.15) is 0 Å². The van der Waals surface area contributed by atoms with Crippen LogP contribution in [0.1, 0.15) is 36.7 Å². The zero-order valence-electron chi connectivity index (χ0n) is 12.9. The summed E-state index contributed by atoms with van der Waals surface area (Å²) in [6.45, 7) is 9.48. The molecule has 0 spiro atoms. The van der Waals surface area contributed by atoms with Crippen LogP contribution in [-0.2, 0) is 0 Å². The van der Waals surface area contributed by atoms with Crippen LogP contribution >= 0.6 is 0 Å². The van der Waals surface area contributed by atoms with Crippen LogP contribution in [0.2, 0.25) is 0 Å². The maximum Gasteiger partial charge on any atom is 0.251 e. The molecule has 112 valence electrons. The summed E-state index contributed by atoms with van der Waals surface area (Å²) in [6.07, 6.45) is 0. The van der Waals surface area contributed by atoms with E-state index in [9.17, 15) is 9.90 Å². The van der Waals surface area contributed by atoms with Gasteiger partial charge in [0.25, 0.3) is 5.91 Å². The summed E-state index contributed by atoms with van der Waals surface area (Å²) in [6, 6.07) is 7.49. The quantitative estimate of drug-likeness (QED) is 0.666. The van der Waals surface area contributed by atoms with Crippen molar-refractivity contribution in [3.05, 3.63) is 35.4 Å². The molecular formula is C16H26N2O2. The Bertz CT molecular complexity index is 425. The van der Waals surface area contributed by atoms with Crippen LogP contribution in [0.5, 0.6) is 0 Å². The van der Waals surface area contributed by atoms with Crippen molar-refractivity contribution >= 4 is 5.91 Å². The predicted molar refractivity (Wildman–Crippen MR) is 81.8 cm³/mol. The van der Waals surface area contributed by atoms with E-state index >= 15 is 0 Å². The third kappa shape index (κ3) is 5.31. The Morgan fingerprint density at radius 2 is 1.85 bits per heavy atom. The van der Waals surface area contributed by atoms with Crippen molar-refractivity contribution in [2.75, 3.05) is 19.6 Å². The molecule has 0 saturated heterocycles. The first-order chi connectivity index (χ1) is 9.33. The minimum absolute atomic E-state index is 0.0672. The fraction of sp³-hybridized carbons (Fsp3) is 0.562. The molecule has 20 heavy (non-hydrogen) atoms. The minimum Gasteiger partial charge on any atom is -0.389 e. The van der Waals surface area contributed by atoms with E-state index < -0.39 is 5.60 Å². The second-order valence-corrected chi connectivity index (χ2v) is 5.81. The molecule has 3 N–H and O–H groups in total. The molecule has 0 radical (unpaired) electrons. The van der Waals surface area contributed by atoms with E-state index in [1.54, 1.807) is 0 Å². The first kappa shape index (κ1) is 16.7. The Morgan fingerprint density at radius 3 is 2.40 bits per heavy atom. The Hall–Kier alpha value is -1.39. The van der Waals surface area contributed by atoms with Gasteiger partial charge in [-0.1, -0.05) is 31.5 Å². The van der Waals surface area contributed by atoms with Crippen LogP contribution in [0.15, 0.2) is 24.3 Å². The summed E-state index contributed by atoms with van der Waals surface area (Å²) < 4.78 is 0. The van der Waals surface area contributed by atoms with Gasteiger partial charge in [0.2, 0.25) is 0 Å². The number of amides is 1. The number of benzene rings is 1. The maximum atomic E-state index is 11.8. The molecule has 1 atom stereocenters. The summed E-state index contributed by atoms with van der Waals surface area (Å²) in [5.41, 5.74) is 1.09. The van der Waals surface area contributed by atoms with Crippen LogP contribution in [-0.4, -0.2) is 36.2 Å². The highest BCUT2D eigenvalue weighted by Crippen LogP contribution is 2.14. The molecular weight excluding hydrogens is 252 g/mol. The van der Waals surface area contributed by atoms with Gasteiger partial charge in [-0.25, -0.2) is 0 Å². The number of aryl methyl sites for hydroxylation is 1. The van der Waals surface area contributed by atoms with Gasteiger partial charge in [0, 0.05) is 25.2 Å². The van der Waals surface area contributed by atoms with Crippen LogP contribution in [0.25, 0.3) is 0 Å². The molecule has 0 bridgehead atoms. The Labute approximate surface area is 121 Å². The first-order valence-electron chi connectivity index (χ1n) is 7.11. The molecule has 1 aromatic rings. The van der Waals surface area contributed by atoms with Gasteiger partial charge in [0.1, 0.15) is 0 Å². The molecule has 0 aliphatic heterocycles. The maximum absolute atomic E-state index is 11.8. The van der Waals surface area contributed by atoms with Gasteiger partial charge < -0.3 is 15.7 Å². The van der Waals surface area contributed by atoms with Crippen molar-refractivity contribution in [1.29, 1.82) is 0 Å². The fourth-order valence-corrected chi connectivity index (χ4v) is 1.62. The lowest BCUT2D eigenvalue weighted by molar-refractivity contribution is 0.0145. The van der Waals surface area contributed by atoms with E-state index in [1.165, 1.54) is 0 Å². The number of aliphatic hydroxyl groups is 1. The fourth-order valence-electron chi connectivity index (χ4n) is 1.62. The molecule has 0 saturated carbocycles. The van der Waals surface area contributed by atoms with Gasteiger partial charge in [0.15, 0.2) is 0 Å². The van der Waals surface area contributed by atoms with E-state index in [0.717, 1.165) is 5.56 Å². The molecule has 1 aromatic carbocycles. The average Bonchev–Trinajstić information content (AvgIpc) is 2.38. The summed E-state index contributed by atoms with van der Waals surface area (Å²) >= 11 is 0. The molecule has 0 fully saturated rings. The molecule has 4 nitrogen and oxygen atoms in total. The Balaban J connectivity index is 2.25. The lowest BCUT2D eigenvalue weighted by Crippen LogP contribution is -2.44. The third-order valence-electron chi connectivity index (χ3n) is 3.63. The lowest BCUT2D eigenvalue weighted by atomic mass is 9.93. The van der Waals surface area contributed by atoms with Crippen LogP contribution in [0.4, 0.5) is 0 Å². The van der Waals surface area contributed by atoms with Gasteiger partial charge in [-0.3, -0.25) is 4.79 Å². The number of hydrogen-bond donors (Lipinski definition) is 3. The number of carbonyl (C=O) groups is 1. The highest BCUT2D eigenvalue weighted by Gasteiger charge is 2.23. The highest BCUT2D eigenvalue weighted by molar-refractivity contribution is 5.94. The van der Waals surface area contributed by atoms with Crippen molar-refractivity contribution in [3.8, 4) is 0 Å². The summed E-state index contributed by atoms with van der Waals surface area (Å²) in [5, 5.41) is 16.1. The van der Waals surface area contributed by atoms with Gasteiger partial charge in [-0.15, -0.1) is 0 Å². The average molecular weight is 278 g/mol. The molecule has 0 heterocycles. The normalized spacial score (nSPS) is 14.1. The van der Waals surface area contributed by atoms with Crippen molar-refractivity contribution in [1.82, 2.24) is 10.6 Å². The zero-order chi connectivity index (χ0) is 15.2. The number of rotatable bonds is 7. The summed E-state index contributed by atoms with van der Waals surface area (Å²) in [4.78, 5) is 11.8. The van der Waals surface area contributed by atoms with E-state index in [1.807, 2.05) is 52.0 Å². The topological polar surface area (TPSA) is 61.4 Å². The summed E-state index contributed by atoms with van der Waals surface area (Å²) in [5.74, 6) is 0.125. The molecule has 0 aliphatic carbocycles. The van der Waals surface area contributed by atoms with Crippen molar-refractivity contribution < 1.29 is 9.90 Å². The molecule has 0 aliphatic rings. The number of nitrogens with one attached hydrogen (secondary N) is 2. The predicted octanol–water partition coefficient (Wildman–Crippen LogP) is 1.72. The van der Waals surface area contributed by atoms with Crippen molar-refractivity contribution in [2.24, 2.45) is 5.92 Å². The van der Waals surface area contributed by atoms with Gasteiger partial charge in [0.05, 0.1) is 5.60 Å². The number of carbonyl (C=O) groups excluding carboxylic acids is 1. The minimum atomic E-state index is -0.721. The Kier molecular flexibility index (Phi) is 6.17. The smallest absolute Gasteiger partial charge is 0.251 e. The van der Waals surface area contributed by atoms with Crippen molar-refractivity contribution in [2.45, 2.75) is 33.3 Å². The van der Waals surface area contributed by atoms with E-state index in [2.05, 4.69) is 10.6 Å². The van der Waals surface area contributed by atoms with E-state index in [-0.39, 0.29) is 11.8 Å². The Morgan fingerprint density at radius 1 is 1.25 bits per heavy atom. The standard InChI is InChI=1S/C16H26N2O2/c1-12(2)16(4,20)11-17-9-10-18-15(19)14-7-5-13(3)6-8-14/h5-8,12,17,20H,9-11H2,1-4H3,(H,18,19). The number of hydrogen-bond acceptors (Lipinski definition) is 3. The lowest BCUT2D eigenvalue weighted by Gasteiger charge is -2.27. The third-order valence-corrected chi connectivity index (χ3v) is 3.63. The molecule has 1 rings (SSSR count). The molecule has 1 unspecified atom stereocenters. The summed E-state index contributed by atoms with van der Waals surface area (Å²) in [7, 11) is 0. The van der Waals surface area contributed by atoms with Crippen molar-refractivity contribution in [3.63, 3.8) is 0 Å². The second kappa shape index (κ2) is 7.41. The monoisotopic (exact) mass is 278 g/mol. The molecule has 1 amide bonds. The molecule has 0 aromatic heterocycles. The zero-order valence-corrected chi connectivity index (χ0v) is 12.9.